The summed E-state index contributed by atoms with van der Waals surface area (Å²) in [5.41, 5.74) is 5.92. The topological polar surface area (TPSA) is 72.2 Å². The number of nitrogens with one attached hydrogen (secondary N) is 1. The molecule has 1 aliphatic carbocycles. The fourth-order valence-electron chi connectivity index (χ4n) is 2.54. The molecule has 0 heterocycles. The monoisotopic (exact) mass is 334 g/mol. The number of nitrogen functional groups attached to an aromatic ring is 1. The van der Waals surface area contributed by atoms with Crippen LogP contribution in [0, 0.1) is 0 Å². The maximum atomic E-state index is 12.3. The Morgan fingerprint density at radius 1 is 1.40 bits per heavy atom. The quantitative estimate of drug-likeness (QED) is 0.812. The Hall–Kier alpha value is -0.430. The molecule has 1 aromatic rings. The van der Waals surface area contributed by atoms with Crippen LogP contribution in [0.5, 0.6) is 0 Å². The van der Waals surface area contributed by atoms with Crippen LogP contribution in [0.15, 0.2) is 23.1 Å². The highest BCUT2D eigenvalue weighted by atomic mass is 35.5. The predicted octanol–water partition coefficient (Wildman–Crippen LogP) is 2.88. The molecule has 0 saturated heterocycles. The molecule has 0 aliphatic heterocycles. The molecular formula is C13H19ClN2O2S2. The fourth-order valence-corrected chi connectivity index (χ4v) is 4.96. The van der Waals surface area contributed by atoms with E-state index in [1.165, 1.54) is 18.2 Å². The largest absolute Gasteiger partial charge is 0.398 e. The molecule has 1 aliphatic rings. The molecule has 2 rings (SSSR count). The van der Waals surface area contributed by atoms with Gasteiger partial charge in [-0.1, -0.05) is 24.4 Å². The minimum Gasteiger partial charge on any atom is -0.398 e. The lowest BCUT2D eigenvalue weighted by Crippen LogP contribution is -2.38. The number of hydrogen-bond acceptors (Lipinski definition) is 4. The van der Waals surface area contributed by atoms with Crippen molar-refractivity contribution in [1.82, 2.24) is 4.72 Å². The van der Waals surface area contributed by atoms with Crippen LogP contribution in [0.3, 0.4) is 0 Å². The highest BCUT2D eigenvalue weighted by Crippen LogP contribution is 2.39. The van der Waals surface area contributed by atoms with E-state index >= 15 is 0 Å². The molecule has 1 fully saturated rings. The Morgan fingerprint density at radius 3 is 2.60 bits per heavy atom. The summed E-state index contributed by atoms with van der Waals surface area (Å²) in [4.78, 5) is 0.0937. The Labute approximate surface area is 129 Å². The summed E-state index contributed by atoms with van der Waals surface area (Å²) in [5.74, 6) is 0. The van der Waals surface area contributed by atoms with Crippen molar-refractivity contribution in [3.05, 3.63) is 23.2 Å². The van der Waals surface area contributed by atoms with Gasteiger partial charge in [-0.25, -0.2) is 13.1 Å². The summed E-state index contributed by atoms with van der Waals surface area (Å²) in [5, 5.41) is 0.429. The summed E-state index contributed by atoms with van der Waals surface area (Å²) < 4.78 is 27.4. The maximum absolute atomic E-state index is 12.3. The minimum absolute atomic E-state index is 0.0221. The van der Waals surface area contributed by atoms with Crippen LogP contribution in [0.1, 0.15) is 25.7 Å². The normalized spacial score (nSPS) is 18.3. The molecule has 0 unspecified atom stereocenters. The van der Waals surface area contributed by atoms with Crippen LogP contribution >= 0.6 is 23.4 Å². The second-order valence-electron chi connectivity index (χ2n) is 5.10. The molecule has 0 atom stereocenters. The minimum atomic E-state index is -3.59. The lowest BCUT2D eigenvalue weighted by atomic mass is 10.1. The second kappa shape index (κ2) is 6.13. The van der Waals surface area contributed by atoms with Crippen molar-refractivity contribution < 1.29 is 8.42 Å². The van der Waals surface area contributed by atoms with Gasteiger partial charge in [-0.05, 0) is 37.3 Å². The number of nitrogens with two attached hydrogens (primary N) is 1. The van der Waals surface area contributed by atoms with Gasteiger partial charge < -0.3 is 5.73 Å². The average Bonchev–Trinajstić information content (AvgIpc) is 2.85. The molecule has 0 spiro atoms. The molecule has 20 heavy (non-hydrogen) atoms. The number of benzene rings is 1. The Balaban J connectivity index is 2.15. The van der Waals surface area contributed by atoms with Crippen LogP contribution in [-0.2, 0) is 10.0 Å². The molecule has 0 aromatic heterocycles. The first-order valence-corrected chi connectivity index (χ1v) is 9.57. The molecule has 1 saturated carbocycles. The lowest BCUT2D eigenvalue weighted by molar-refractivity contribution is 0.551. The maximum Gasteiger partial charge on any atom is 0.242 e. The Kier molecular flexibility index (Phi) is 4.89. The van der Waals surface area contributed by atoms with Crippen LogP contribution < -0.4 is 10.5 Å². The first-order valence-electron chi connectivity index (χ1n) is 6.48. The summed E-state index contributed by atoms with van der Waals surface area (Å²) in [6.07, 6.45) is 6.45. The number of anilines is 1. The van der Waals surface area contributed by atoms with E-state index in [-0.39, 0.29) is 15.3 Å². The smallest absolute Gasteiger partial charge is 0.242 e. The van der Waals surface area contributed by atoms with Crippen molar-refractivity contribution in [3.8, 4) is 0 Å². The molecule has 112 valence electrons. The van der Waals surface area contributed by atoms with E-state index in [4.69, 9.17) is 17.3 Å². The zero-order valence-corrected chi connectivity index (χ0v) is 13.7. The van der Waals surface area contributed by atoms with Crippen LogP contribution in [0.2, 0.25) is 5.02 Å². The average molecular weight is 335 g/mol. The third-order valence-electron chi connectivity index (χ3n) is 3.79. The molecule has 0 amide bonds. The van der Waals surface area contributed by atoms with Crippen molar-refractivity contribution in [2.45, 2.75) is 35.3 Å². The second-order valence-corrected chi connectivity index (χ2v) is 8.55. The van der Waals surface area contributed by atoms with Gasteiger partial charge >= 0.3 is 0 Å². The number of sulfonamides is 1. The van der Waals surface area contributed by atoms with E-state index in [0.717, 1.165) is 25.7 Å². The third kappa shape index (κ3) is 3.42. The van der Waals surface area contributed by atoms with Gasteiger partial charge in [0.05, 0.1) is 5.69 Å². The molecule has 1 aromatic carbocycles. The van der Waals surface area contributed by atoms with E-state index in [9.17, 15) is 8.42 Å². The SMILES string of the molecule is CSC1(CNS(=O)(=O)c2ccc(Cl)cc2N)CCCC1. The third-order valence-corrected chi connectivity index (χ3v) is 6.92. The van der Waals surface area contributed by atoms with Gasteiger partial charge in [0.2, 0.25) is 10.0 Å². The molecule has 4 nitrogen and oxygen atoms in total. The molecule has 3 N–H and O–H groups in total. The first kappa shape index (κ1) is 15.9. The summed E-state index contributed by atoms with van der Waals surface area (Å²) in [6, 6.07) is 4.43. The molecule has 0 bridgehead atoms. The van der Waals surface area contributed by atoms with E-state index in [0.29, 0.717) is 11.6 Å². The Morgan fingerprint density at radius 2 is 2.05 bits per heavy atom. The highest BCUT2D eigenvalue weighted by molar-refractivity contribution is 8.00. The van der Waals surface area contributed by atoms with Gasteiger partial charge in [0.1, 0.15) is 4.90 Å². The van der Waals surface area contributed by atoms with Crippen LogP contribution in [0.4, 0.5) is 5.69 Å². The van der Waals surface area contributed by atoms with Crippen molar-refractivity contribution >= 4 is 39.1 Å². The van der Waals surface area contributed by atoms with Crippen molar-refractivity contribution in [1.29, 1.82) is 0 Å². The molecular weight excluding hydrogens is 316 g/mol. The van der Waals surface area contributed by atoms with Gasteiger partial charge in [0.25, 0.3) is 0 Å². The molecule has 0 radical (unpaired) electrons. The number of hydrogen-bond donors (Lipinski definition) is 2. The predicted molar refractivity (Wildman–Crippen MR) is 85.8 cm³/mol. The summed E-state index contributed by atoms with van der Waals surface area (Å²) in [7, 11) is -3.59. The van der Waals surface area contributed by atoms with Gasteiger partial charge in [0.15, 0.2) is 0 Å². The van der Waals surface area contributed by atoms with Crippen molar-refractivity contribution in [2.75, 3.05) is 18.5 Å². The van der Waals surface area contributed by atoms with Crippen molar-refractivity contribution in [3.63, 3.8) is 0 Å². The first-order chi connectivity index (χ1) is 9.38. The summed E-state index contributed by atoms with van der Waals surface area (Å²) in [6.45, 7) is 0.443. The van der Waals surface area contributed by atoms with Crippen molar-refractivity contribution in [2.24, 2.45) is 0 Å². The van der Waals surface area contributed by atoms with Gasteiger partial charge in [-0.3, -0.25) is 0 Å². The van der Waals surface area contributed by atoms with Gasteiger partial charge in [0, 0.05) is 16.3 Å². The zero-order chi connectivity index (χ0) is 14.8. The van der Waals surface area contributed by atoms with Gasteiger partial charge in [-0.15, -0.1) is 0 Å². The Bertz CT molecular complexity index is 584. The van der Waals surface area contributed by atoms with E-state index in [2.05, 4.69) is 4.72 Å². The van der Waals surface area contributed by atoms with E-state index in [1.54, 1.807) is 11.8 Å². The molecule has 7 heteroatoms. The fraction of sp³-hybridized carbons (Fsp3) is 0.538. The number of rotatable bonds is 5. The lowest BCUT2D eigenvalue weighted by Gasteiger charge is -2.26. The van der Waals surface area contributed by atoms with Gasteiger partial charge in [-0.2, -0.15) is 11.8 Å². The van der Waals surface area contributed by atoms with E-state index < -0.39 is 10.0 Å². The van der Waals surface area contributed by atoms with Crippen LogP contribution in [0.25, 0.3) is 0 Å². The van der Waals surface area contributed by atoms with E-state index in [1.807, 2.05) is 6.26 Å². The number of thioether (sulfide) groups is 1. The number of halogens is 1. The summed E-state index contributed by atoms with van der Waals surface area (Å²) >= 11 is 7.54. The standard InChI is InChI=1S/C13H19ClN2O2S2/c1-19-13(6-2-3-7-13)9-16-20(17,18)12-5-4-10(14)8-11(12)15/h4-5,8,16H,2-3,6-7,9,15H2,1H3. The highest BCUT2D eigenvalue weighted by Gasteiger charge is 2.34. The zero-order valence-electron chi connectivity index (χ0n) is 11.4. The van der Waals surface area contributed by atoms with Crippen LogP contribution in [-0.4, -0.2) is 26.0 Å².